The van der Waals surface area contributed by atoms with Crippen LogP contribution in [0.15, 0.2) is 28.7 Å². The summed E-state index contributed by atoms with van der Waals surface area (Å²) in [6.07, 6.45) is 2.03. The summed E-state index contributed by atoms with van der Waals surface area (Å²) in [4.78, 5) is 17.9. The summed E-state index contributed by atoms with van der Waals surface area (Å²) in [6, 6.07) is 6.01. The van der Waals surface area contributed by atoms with Gasteiger partial charge in [-0.05, 0) is 58.6 Å². The largest absolute Gasteiger partial charge is 0.491 e. The van der Waals surface area contributed by atoms with Crippen LogP contribution in [0.25, 0.3) is 0 Å². The molecule has 28 heavy (non-hydrogen) atoms. The van der Waals surface area contributed by atoms with E-state index in [9.17, 15) is 4.79 Å². The van der Waals surface area contributed by atoms with Gasteiger partial charge in [0.1, 0.15) is 5.75 Å². The first-order chi connectivity index (χ1) is 13.4. The average Bonchev–Trinajstić information content (AvgIpc) is 3.03. The SMILES string of the molecule is CCOC(=O)Cc1csc(NN=Cc2ccc(OC(C)C)c(CN(C)C)c2)n1. The first kappa shape index (κ1) is 21.8. The van der Waals surface area contributed by atoms with Crippen molar-refractivity contribution in [2.75, 3.05) is 26.1 Å². The van der Waals surface area contributed by atoms with Crippen LogP contribution >= 0.6 is 11.3 Å². The predicted molar refractivity (Wildman–Crippen MR) is 113 cm³/mol. The Morgan fingerprint density at radius 3 is 2.86 bits per heavy atom. The minimum Gasteiger partial charge on any atom is -0.491 e. The lowest BCUT2D eigenvalue weighted by atomic mass is 10.1. The molecule has 2 aromatic rings. The Balaban J connectivity index is 2.01. The van der Waals surface area contributed by atoms with Crippen LogP contribution in [0.3, 0.4) is 0 Å². The molecule has 2 rings (SSSR count). The number of carbonyl (C=O) groups is 1. The Morgan fingerprint density at radius 1 is 1.39 bits per heavy atom. The minimum absolute atomic E-state index is 0.121. The van der Waals surface area contributed by atoms with Crippen molar-refractivity contribution in [1.82, 2.24) is 9.88 Å². The van der Waals surface area contributed by atoms with E-state index in [2.05, 4.69) is 26.5 Å². The fraction of sp³-hybridized carbons (Fsp3) is 0.450. The molecule has 0 amide bonds. The standard InChI is InChI=1S/C20H28N4O3S/c1-6-26-19(25)10-17-13-28-20(22-17)23-21-11-15-7-8-18(27-14(2)3)16(9-15)12-24(4)5/h7-9,11,13-14H,6,10,12H2,1-5H3,(H,22,23). The summed E-state index contributed by atoms with van der Waals surface area (Å²) in [6.45, 7) is 6.97. The van der Waals surface area contributed by atoms with Gasteiger partial charge in [-0.3, -0.25) is 10.2 Å². The van der Waals surface area contributed by atoms with Gasteiger partial charge < -0.3 is 14.4 Å². The van der Waals surface area contributed by atoms with E-state index in [1.54, 1.807) is 13.1 Å². The number of hydrazone groups is 1. The van der Waals surface area contributed by atoms with Crippen LogP contribution in [0.4, 0.5) is 5.13 Å². The van der Waals surface area contributed by atoms with Crippen molar-refractivity contribution in [1.29, 1.82) is 0 Å². The normalized spacial score (nSPS) is 11.4. The molecule has 0 aliphatic carbocycles. The maximum Gasteiger partial charge on any atom is 0.311 e. The number of hydrogen-bond acceptors (Lipinski definition) is 8. The van der Waals surface area contributed by atoms with Crippen LogP contribution in [0.2, 0.25) is 0 Å². The highest BCUT2D eigenvalue weighted by molar-refractivity contribution is 7.13. The molecule has 1 aromatic carbocycles. The van der Waals surface area contributed by atoms with Gasteiger partial charge in [0, 0.05) is 17.5 Å². The zero-order chi connectivity index (χ0) is 20.5. The lowest BCUT2D eigenvalue weighted by Gasteiger charge is -2.17. The van der Waals surface area contributed by atoms with E-state index >= 15 is 0 Å². The average molecular weight is 405 g/mol. The molecular formula is C20H28N4O3S. The summed E-state index contributed by atoms with van der Waals surface area (Å²) in [5.74, 6) is 0.609. The molecule has 8 heteroatoms. The summed E-state index contributed by atoms with van der Waals surface area (Å²) in [5, 5.41) is 6.70. The third-order valence-corrected chi connectivity index (χ3v) is 4.29. The molecule has 1 heterocycles. The van der Waals surface area contributed by atoms with Crippen LogP contribution in [-0.4, -0.2) is 48.9 Å². The molecule has 0 aliphatic heterocycles. The Morgan fingerprint density at radius 2 is 2.18 bits per heavy atom. The first-order valence-electron chi connectivity index (χ1n) is 9.20. The number of aromatic nitrogens is 1. The molecule has 0 spiro atoms. The van der Waals surface area contributed by atoms with Crippen molar-refractivity contribution in [3.8, 4) is 5.75 Å². The second-order valence-corrected chi connectivity index (χ2v) is 7.63. The third-order valence-electron chi connectivity index (χ3n) is 3.49. The Bertz CT molecular complexity index is 802. The van der Waals surface area contributed by atoms with Crippen molar-refractivity contribution in [2.24, 2.45) is 5.10 Å². The van der Waals surface area contributed by atoms with Gasteiger partial charge in [-0.15, -0.1) is 11.3 Å². The van der Waals surface area contributed by atoms with Crippen LogP contribution in [0, 0.1) is 0 Å². The Kier molecular flexibility index (Phi) is 8.41. The number of rotatable bonds is 10. The smallest absolute Gasteiger partial charge is 0.311 e. The van der Waals surface area contributed by atoms with Crippen molar-refractivity contribution in [3.63, 3.8) is 0 Å². The van der Waals surface area contributed by atoms with Crippen LogP contribution in [0.1, 0.15) is 37.6 Å². The second kappa shape index (κ2) is 10.8. The fourth-order valence-electron chi connectivity index (χ4n) is 2.47. The lowest BCUT2D eigenvalue weighted by molar-refractivity contribution is -0.142. The predicted octanol–water partition coefficient (Wildman–Crippen LogP) is 3.54. The molecule has 0 fully saturated rings. The summed E-state index contributed by atoms with van der Waals surface area (Å²) in [5.41, 5.74) is 5.65. The second-order valence-electron chi connectivity index (χ2n) is 6.77. The van der Waals surface area contributed by atoms with Gasteiger partial charge in [-0.25, -0.2) is 4.98 Å². The molecule has 0 saturated carbocycles. The van der Waals surface area contributed by atoms with E-state index in [0.29, 0.717) is 17.4 Å². The van der Waals surface area contributed by atoms with Crippen LogP contribution in [0.5, 0.6) is 5.75 Å². The zero-order valence-electron chi connectivity index (χ0n) is 17.1. The monoisotopic (exact) mass is 404 g/mol. The molecule has 0 saturated heterocycles. The van der Waals surface area contributed by atoms with Gasteiger partial charge in [0.2, 0.25) is 5.13 Å². The number of thiazole rings is 1. The molecule has 0 radical (unpaired) electrons. The highest BCUT2D eigenvalue weighted by Gasteiger charge is 2.09. The molecule has 0 atom stereocenters. The van der Waals surface area contributed by atoms with Gasteiger partial charge in [0.15, 0.2) is 0 Å². The van der Waals surface area contributed by atoms with Gasteiger partial charge in [0.05, 0.1) is 31.0 Å². The summed E-state index contributed by atoms with van der Waals surface area (Å²) >= 11 is 1.40. The third kappa shape index (κ3) is 7.28. The van der Waals surface area contributed by atoms with E-state index in [-0.39, 0.29) is 18.5 Å². The van der Waals surface area contributed by atoms with Crippen molar-refractivity contribution in [3.05, 3.63) is 40.4 Å². The quantitative estimate of drug-likeness (QED) is 0.371. The van der Waals surface area contributed by atoms with E-state index in [1.165, 1.54) is 11.3 Å². The summed E-state index contributed by atoms with van der Waals surface area (Å²) < 4.78 is 10.8. The fourth-order valence-corrected chi connectivity index (χ4v) is 3.13. The van der Waals surface area contributed by atoms with E-state index < -0.39 is 0 Å². The lowest BCUT2D eigenvalue weighted by Crippen LogP contribution is -2.14. The van der Waals surface area contributed by atoms with Gasteiger partial charge in [-0.2, -0.15) is 5.10 Å². The van der Waals surface area contributed by atoms with Gasteiger partial charge in [-0.1, -0.05) is 0 Å². The van der Waals surface area contributed by atoms with E-state index in [1.807, 2.05) is 45.5 Å². The molecular weight excluding hydrogens is 376 g/mol. The molecule has 152 valence electrons. The number of benzene rings is 1. The molecule has 0 bridgehead atoms. The van der Waals surface area contributed by atoms with Crippen LogP contribution < -0.4 is 10.2 Å². The highest BCUT2D eigenvalue weighted by Crippen LogP contribution is 2.22. The van der Waals surface area contributed by atoms with Gasteiger partial charge in [0.25, 0.3) is 0 Å². The van der Waals surface area contributed by atoms with Crippen molar-refractivity contribution < 1.29 is 14.3 Å². The number of nitrogens with one attached hydrogen (secondary N) is 1. The highest BCUT2D eigenvalue weighted by atomic mass is 32.1. The molecule has 0 unspecified atom stereocenters. The molecule has 7 nitrogen and oxygen atoms in total. The van der Waals surface area contributed by atoms with E-state index in [0.717, 1.165) is 23.4 Å². The maximum atomic E-state index is 11.5. The molecule has 0 aliphatic rings. The minimum atomic E-state index is -0.278. The summed E-state index contributed by atoms with van der Waals surface area (Å²) in [7, 11) is 4.05. The topological polar surface area (TPSA) is 76.1 Å². The van der Waals surface area contributed by atoms with E-state index in [4.69, 9.17) is 9.47 Å². The van der Waals surface area contributed by atoms with Gasteiger partial charge >= 0.3 is 5.97 Å². The number of esters is 1. The molecule has 1 aromatic heterocycles. The number of nitrogens with zero attached hydrogens (tertiary/aromatic N) is 3. The Hall–Kier alpha value is -2.45. The van der Waals surface area contributed by atoms with Crippen molar-refractivity contribution in [2.45, 2.75) is 39.8 Å². The maximum absolute atomic E-state index is 11.5. The first-order valence-corrected chi connectivity index (χ1v) is 10.1. The van der Waals surface area contributed by atoms with Crippen LogP contribution in [-0.2, 0) is 22.5 Å². The number of ether oxygens (including phenoxy) is 2. The zero-order valence-corrected chi connectivity index (χ0v) is 17.9. The van der Waals surface area contributed by atoms with Crippen molar-refractivity contribution >= 4 is 28.7 Å². The number of anilines is 1. The Labute approximate surface area is 170 Å². The number of hydrogen-bond donors (Lipinski definition) is 1. The number of carbonyl (C=O) groups excluding carboxylic acids is 1. The molecule has 1 N–H and O–H groups in total.